The molecule has 2 aromatic rings. The fraction of sp³-hybridized carbons (Fsp3) is 0.500. The van der Waals surface area contributed by atoms with E-state index in [1.54, 1.807) is 20.2 Å². The van der Waals surface area contributed by atoms with Crippen LogP contribution in [0.3, 0.4) is 0 Å². The topological polar surface area (TPSA) is 91.1 Å². The van der Waals surface area contributed by atoms with Crippen molar-refractivity contribution in [2.75, 3.05) is 46.9 Å². The van der Waals surface area contributed by atoms with Gasteiger partial charge in [0, 0.05) is 37.8 Å². The number of hydrogen-bond acceptors (Lipinski definition) is 5. The number of nitrogens with zero attached hydrogens (tertiary/aromatic N) is 2. The van der Waals surface area contributed by atoms with Gasteiger partial charge in [0.2, 0.25) is 0 Å². The molecule has 1 amide bonds. The van der Waals surface area contributed by atoms with Crippen molar-refractivity contribution in [3.8, 4) is 5.75 Å². The van der Waals surface area contributed by atoms with Gasteiger partial charge in [-0.05, 0) is 51.4 Å². The highest BCUT2D eigenvalue weighted by Crippen LogP contribution is 2.31. The predicted molar refractivity (Wildman–Crippen MR) is 126 cm³/mol. The van der Waals surface area contributed by atoms with Crippen LogP contribution in [0, 0.1) is 6.92 Å². The largest absolute Gasteiger partial charge is 0.496 e. The normalized spacial score (nSPS) is 15.4. The fourth-order valence-corrected chi connectivity index (χ4v) is 4.03. The third kappa shape index (κ3) is 6.26. The molecule has 8 nitrogen and oxygen atoms in total. The Morgan fingerprint density at radius 3 is 2.59 bits per heavy atom. The monoisotopic (exact) mass is 441 g/mol. The van der Waals surface area contributed by atoms with Gasteiger partial charge in [-0.1, -0.05) is 18.2 Å². The number of nitrogens with one attached hydrogen (secondary N) is 3. The molecule has 1 unspecified atom stereocenters. The first kappa shape index (κ1) is 23.7. The number of aliphatic imine (C=N–C) groups is 1. The van der Waals surface area contributed by atoms with E-state index in [4.69, 9.17) is 9.15 Å². The molecule has 1 aliphatic rings. The molecule has 1 atom stereocenters. The van der Waals surface area contributed by atoms with Crippen molar-refractivity contribution in [2.45, 2.75) is 32.2 Å². The molecule has 1 fully saturated rings. The summed E-state index contributed by atoms with van der Waals surface area (Å²) in [5, 5.41) is 9.68. The van der Waals surface area contributed by atoms with Gasteiger partial charge >= 0.3 is 0 Å². The zero-order valence-electron chi connectivity index (χ0n) is 19.3. The van der Waals surface area contributed by atoms with Gasteiger partial charge in [-0.2, -0.15) is 0 Å². The number of aryl methyl sites for hydroxylation is 1. The van der Waals surface area contributed by atoms with E-state index in [9.17, 15) is 4.79 Å². The number of carbonyl (C=O) groups is 1. The Hall–Kier alpha value is -3.00. The van der Waals surface area contributed by atoms with Crippen LogP contribution in [0.2, 0.25) is 0 Å². The van der Waals surface area contributed by atoms with Crippen LogP contribution in [-0.4, -0.2) is 63.6 Å². The Morgan fingerprint density at radius 1 is 1.16 bits per heavy atom. The average molecular weight is 442 g/mol. The van der Waals surface area contributed by atoms with Gasteiger partial charge in [-0.3, -0.25) is 14.7 Å². The number of furan rings is 1. The summed E-state index contributed by atoms with van der Waals surface area (Å²) in [5.74, 6) is 1.86. The number of benzene rings is 1. The van der Waals surface area contributed by atoms with Gasteiger partial charge in [0.05, 0.1) is 19.4 Å². The second-order valence-corrected chi connectivity index (χ2v) is 7.92. The second kappa shape index (κ2) is 12.1. The lowest BCUT2D eigenvalue weighted by atomic mass is 10.0. The van der Waals surface area contributed by atoms with Crippen molar-refractivity contribution < 1.29 is 13.9 Å². The van der Waals surface area contributed by atoms with Crippen LogP contribution < -0.4 is 20.7 Å². The Kier molecular flexibility index (Phi) is 8.98. The first-order valence-corrected chi connectivity index (χ1v) is 11.3. The number of amides is 1. The van der Waals surface area contributed by atoms with E-state index in [0.717, 1.165) is 43.3 Å². The standard InChI is InChI=1S/C24H35N5O3/c1-18-11-16-32-22(18)23(30)26-12-8-13-27-24(25-2)28-17-20(29-14-6-7-15-29)19-9-4-5-10-21(19)31-3/h4-5,9-11,16,20H,6-8,12-15,17H2,1-3H3,(H,26,30)(H2,25,27,28). The van der Waals surface area contributed by atoms with Gasteiger partial charge < -0.3 is 25.1 Å². The van der Waals surface area contributed by atoms with Gasteiger partial charge in [0.1, 0.15) is 5.75 Å². The molecule has 0 radical (unpaired) electrons. The maximum absolute atomic E-state index is 12.1. The van der Waals surface area contributed by atoms with E-state index in [2.05, 4.69) is 38.0 Å². The average Bonchev–Trinajstić information content (AvgIpc) is 3.50. The maximum atomic E-state index is 12.1. The van der Waals surface area contributed by atoms with Crippen molar-refractivity contribution in [3.63, 3.8) is 0 Å². The summed E-state index contributed by atoms with van der Waals surface area (Å²) in [6.45, 7) is 6.02. The van der Waals surface area contributed by atoms with E-state index in [0.29, 0.717) is 18.8 Å². The molecule has 1 aliphatic heterocycles. The SMILES string of the molecule is CN=C(NCCCNC(=O)c1occc1C)NCC(c1ccccc1OC)N1CCCC1. The summed E-state index contributed by atoms with van der Waals surface area (Å²) in [4.78, 5) is 18.9. The minimum atomic E-state index is -0.180. The number of methoxy groups -OCH3 is 1. The Balaban J connectivity index is 1.47. The molecule has 8 heteroatoms. The summed E-state index contributed by atoms with van der Waals surface area (Å²) in [6, 6.07) is 10.2. The van der Waals surface area contributed by atoms with E-state index >= 15 is 0 Å². The minimum Gasteiger partial charge on any atom is -0.496 e. The number of likely N-dealkylation sites (tertiary alicyclic amines) is 1. The third-order valence-corrected chi connectivity index (χ3v) is 5.77. The lowest BCUT2D eigenvalue weighted by Gasteiger charge is -2.30. The molecule has 32 heavy (non-hydrogen) atoms. The molecular formula is C24H35N5O3. The number of para-hydroxylation sites is 1. The first-order valence-electron chi connectivity index (χ1n) is 11.3. The lowest BCUT2D eigenvalue weighted by Crippen LogP contribution is -2.43. The van der Waals surface area contributed by atoms with Crippen molar-refractivity contribution >= 4 is 11.9 Å². The van der Waals surface area contributed by atoms with Crippen molar-refractivity contribution in [1.82, 2.24) is 20.9 Å². The summed E-state index contributed by atoms with van der Waals surface area (Å²) in [5.41, 5.74) is 2.03. The van der Waals surface area contributed by atoms with E-state index in [1.165, 1.54) is 24.7 Å². The zero-order chi connectivity index (χ0) is 22.8. The minimum absolute atomic E-state index is 0.180. The maximum Gasteiger partial charge on any atom is 0.287 e. The molecule has 1 aromatic heterocycles. The van der Waals surface area contributed by atoms with Crippen LogP contribution in [0.4, 0.5) is 0 Å². The molecule has 0 aliphatic carbocycles. The number of carbonyl (C=O) groups excluding carboxylic acids is 1. The molecule has 3 N–H and O–H groups in total. The predicted octanol–water partition coefficient (Wildman–Crippen LogP) is 2.72. The fourth-order valence-electron chi connectivity index (χ4n) is 4.03. The van der Waals surface area contributed by atoms with Gasteiger partial charge in [-0.25, -0.2) is 0 Å². The summed E-state index contributed by atoms with van der Waals surface area (Å²) in [6.07, 6.45) is 4.75. The van der Waals surface area contributed by atoms with Crippen LogP contribution in [0.25, 0.3) is 0 Å². The number of hydrogen-bond donors (Lipinski definition) is 3. The van der Waals surface area contributed by atoms with Crippen molar-refractivity contribution in [2.24, 2.45) is 4.99 Å². The Morgan fingerprint density at radius 2 is 1.91 bits per heavy atom. The van der Waals surface area contributed by atoms with Crippen molar-refractivity contribution in [3.05, 3.63) is 53.5 Å². The first-order chi connectivity index (χ1) is 15.6. The van der Waals surface area contributed by atoms with Crippen LogP contribution in [-0.2, 0) is 0 Å². The molecule has 1 aromatic carbocycles. The highest BCUT2D eigenvalue weighted by Gasteiger charge is 2.26. The molecule has 1 saturated heterocycles. The molecule has 0 saturated carbocycles. The molecule has 0 bridgehead atoms. The molecule has 174 valence electrons. The molecule has 0 spiro atoms. The van der Waals surface area contributed by atoms with Crippen LogP contribution >= 0.6 is 0 Å². The molecule has 2 heterocycles. The molecule has 3 rings (SSSR count). The summed E-state index contributed by atoms with van der Waals surface area (Å²) in [7, 11) is 3.49. The number of guanidine groups is 1. The summed E-state index contributed by atoms with van der Waals surface area (Å²) >= 11 is 0. The van der Waals surface area contributed by atoms with Crippen LogP contribution in [0.15, 0.2) is 46.0 Å². The Bertz CT molecular complexity index is 889. The lowest BCUT2D eigenvalue weighted by molar-refractivity contribution is 0.0925. The quantitative estimate of drug-likeness (QED) is 0.298. The van der Waals surface area contributed by atoms with E-state index in [-0.39, 0.29) is 11.9 Å². The molecular weight excluding hydrogens is 406 g/mol. The highest BCUT2D eigenvalue weighted by atomic mass is 16.5. The van der Waals surface area contributed by atoms with E-state index < -0.39 is 0 Å². The van der Waals surface area contributed by atoms with E-state index in [1.807, 2.05) is 19.1 Å². The van der Waals surface area contributed by atoms with Crippen LogP contribution in [0.5, 0.6) is 5.75 Å². The number of ether oxygens (including phenoxy) is 1. The van der Waals surface area contributed by atoms with Gasteiger partial charge in [0.25, 0.3) is 5.91 Å². The van der Waals surface area contributed by atoms with Crippen molar-refractivity contribution in [1.29, 1.82) is 0 Å². The van der Waals surface area contributed by atoms with Gasteiger partial charge in [-0.15, -0.1) is 0 Å². The zero-order valence-corrected chi connectivity index (χ0v) is 19.3. The Labute approximate surface area is 190 Å². The third-order valence-electron chi connectivity index (χ3n) is 5.77. The van der Waals surface area contributed by atoms with Crippen LogP contribution in [0.1, 0.15) is 47.0 Å². The van der Waals surface area contributed by atoms with Gasteiger partial charge in [0.15, 0.2) is 11.7 Å². The highest BCUT2D eigenvalue weighted by molar-refractivity contribution is 5.92. The second-order valence-electron chi connectivity index (χ2n) is 7.92. The summed E-state index contributed by atoms with van der Waals surface area (Å²) < 4.78 is 10.8. The smallest absolute Gasteiger partial charge is 0.287 e. The number of rotatable bonds is 10.